The van der Waals surface area contributed by atoms with E-state index in [4.69, 9.17) is 0 Å². The smallest absolute Gasteiger partial charge is 0.289 e. The number of fused-ring (bicyclic) bond motifs is 1. The number of carbonyl (C=O) groups excluding carboxylic acids is 1. The number of anilines is 2. The lowest BCUT2D eigenvalue weighted by Crippen LogP contribution is -2.26. The lowest BCUT2D eigenvalue weighted by molar-refractivity contribution is -0.0373. The molecule has 5 rings (SSSR count). The van der Waals surface area contributed by atoms with Gasteiger partial charge in [0.15, 0.2) is 5.82 Å². The van der Waals surface area contributed by atoms with Crippen LogP contribution >= 0.6 is 0 Å². The van der Waals surface area contributed by atoms with Gasteiger partial charge in [0.05, 0.1) is 5.56 Å². The number of aromatic nitrogens is 4. The highest BCUT2D eigenvalue weighted by Gasteiger charge is 2.45. The number of hydrogen-bond donors (Lipinski definition) is 2. The third-order valence-electron chi connectivity index (χ3n) is 6.13. The summed E-state index contributed by atoms with van der Waals surface area (Å²) in [7, 11) is 1.73. The Balaban J connectivity index is 1.41. The first-order chi connectivity index (χ1) is 16.4. The molecule has 9 heteroatoms. The van der Waals surface area contributed by atoms with E-state index in [1.807, 2.05) is 13.0 Å². The molecular formula is C25H24F2N6O. The number of nitrogens with one attached hydrogen (secondary N) is 2. The van der Waals surface area contributed by atoms with E-state index in [1.54, 1.807) is 31.6 Å². The van der Waals surface area contributed by atoms with Crippen molar-refractivity contribution in [2.45, 2.75) is 51.0 Å². The Bertz CT molecular complexity index is 1320. The van der Waals surface area contributed by atoms with Gasteiger partial charge in [0.2, 0.25) is 5.95 Å². The molecule has 1 amide bonds. The predicted octanol–water partition coefficient (Wildman–Crippen LogP) is 4.44. The van der Waals surface area contributed by atoms with E-state index in [2.05, 4.69) is 37.5 Å². The monoisotopic (exact) mass is 462 g/mol. The molecule has 0 saturated heterocycles. The van der Waals surface area contributed by atoms with Crippen LogP contribution in [0.1, 0.15) is 69.9 Å². The fraction of sp³-hybridized carbons (Fsp3) is 0.360. The van der Waals surface area contributed by atoms with Crippen LogP contribution < -0.4 is 10.6 Å². The Morgan fingerprint density at radius 2 is 1.97 bits per heavy atom. The second kappa shape index (κ2) is 8.52. The molecule has 1 aromatic carbocycles. The van der Waals surface area contributed by atoms with Gasteiger partial charge in [0, 0.05) is 49.1 Å². The number of rotatable bonds is 4. The molecule has 7 nitrogen and oxygen atoms in total. The van der Waals surface area contributed by atoms with Crippen LogP contribution in [0.4, 0.5) is 20.5 Å². The Kier molecular flexibility index (Phi) is 5.52. The van der Waals surface area contributed by atoms with Gasteiger partial charge in [-0.05, 0) is 49.8 Å². The summed E-state index contributed by atoms with van der Waals surface area (Å²) in [6.45, 7) is 2.34. The standard InChI is InChI=1S/C25H24F2N6O/c1-15-4-6-19(12-18(15)7-5-16-13-29-24(28-2)30-14-16)23(34)31-22-20(17-8-9-17)21-25(26,27)10-3-11-33(21)32-22/h4,6,12-14,17H,3,8-11H2,1-2H3,(H,28,29,30)(H,31,32,34). The van der Waals surface area contributed by atoms with E-state index in [1.165, 1.54) is 4.68 Å². The minimum Gasteiger partial charge on any atom is -0.357 e. The maximum absolute atomic E-state index is 14.7. The maximum Gasteiger partial charge on any atom is 0.289 e. The number of halogens is 2. The number of hydrogen-bond acceptors (Lipinski definition) is 5. The Morgan fingerprint density at radius 1 is 1.21 bits per heavy atom. The van der Waals surface area contributed by atoms with Gasteiger partial charge < -0.3 is 10.6 Å². The molecule has 34 heavy (non-hydrogen) atoms. The average molecular weight is 463 g/mol. The lowest BCUT2D eigenvalue weighted by atomic mass is 9.99. The summed E-state index contributed by atoms with van der Waals surface area (Å²) in [6, 6.07) is 5.21. The molecule has 1 aliphatic heterocycles. The van der Waals surface area contributed by atoms with Crippen molar-refractivity contribution in [2.24, 2.45) is 0 Å². The fourth-order valence-corrected chi connectivity index (χ4v) is 4.18. The summed E-state index contributed by atoms with van der Waals surface area (Å²) in [5.74, 6) is 3.54. The summed E-state index contributed by atoms with van der Waals surface area (Å²) in [6.07, 6.45) is 5.08. The molecule has 0 radical (unpaired) electrons. The Labute approximate surface area is 196 Å². The Morgan fingerprint density at radius 3 is 2.68 bits per heavy atom. The molecule has 0 bridgehead atoms. The highest BCUT2D eigenvalue weighted by atomic mass is 19.3. The molecule has 2 aliphatic rings. The van der Waals surface area contributed by atoms with Crippen LogP contribution in [0, 0.1) is 18.8 Å². The molecule has 1 fully saturated rings. The molecule has 1 saturated carbocycles. The van der Waals surface area contributed by atoms with E-state index in [-0.39, 0.29) is 23.9 Å². The predicted molar refractivity (Wildman–Crippen MR) is 124 cm³/mol. The molecule has 3 aromatic rings. The van der Waals surface area contributed by atoms with Crippen molar-refractivity contribution in [3.8, 4) is 11.8 Å². The van der Waals surface area contributed by atoms with Crippen LogP contribution in [0.25, 0.3) is 0 Å². The molecular weight excluding hydrogens is 438 g/mol. The first kappa shape index (κ1) is 22.0. The van der Waals surface area contributed by atoms with Gasteiger partial charge in [0.25, 0.3) is 11.8 Å². The molecule has 0 unspecified atom stereocenters. The molecule has 2 N–H and O–H groups in total. The molecule has 2 aromatic heterocycles. The zero-order valence-corrected chi connectivity index (χ0v) is 19.0. The van der Waals surface area contributed by atoms with Gasteiger partial charge in [-0.3, -0.25) is 9.48 Å². The van der Waals surface area contributed by atoms with Crippen LogP contribution in [0.3, 0.4) is 0 Å². The van der Waals surface area contributed by atoms with Gasteiger partial charge in [-0.15, -0.1) is 0 Å². The molecule has 0 spiro atoms. The van der Waals surface area contributed by atoms with E-state index in [0.717, 1.165) is 18.4 Å². The van der Waals surface area contributed by atoms with Gasteiger partial charge in [0.1, 0.15) is 5.69 Å². The Hall–Kier alpha value is -3.80. The largest absolute Gasteiger partial charge is 0.357 e. The van der Waals surface area contributed by atoms with E-state index < -0.39 is 11.8 Å². The quantitative estimate of drug-likeness (QED) is 0.560. The van der Waals surface area contributed by atoms with Crippen LogP contribution in [0.2, 0.25) is 0 Å². The maximum atomic E-state index is 14.7. The summed E-state index contributed by atoms with van der Waals surface area (Å²) in [5, 5.41) is 10.0. The third kappa shape index (κ3) is 4.23. The fourth-order valence-electron chi connectivity index (χ4n) is 4.18. The third-order valence-corrected chi connectivity index (χ3v) is 6.13. The zero-order chi connectivity index (χ0) is 23.9. The van der Waals surface area contributed by atoms with Crippen LogP contribution in [0.15, 0.2) is 30.6 Å². The van der Waals surface area contributed by atoms with Gasteiger partial charge >= 0.3 is 0 Å². The number of benzene rings is 1. The summed E-state index contributed by atoms with van der Waals surface area (Å²) >= 11 is 0. The van der Waals surface area contributed by atoms with Gasteiger partial charge in [-0.25, -0.2) is 9.97 Å². The second-order valence-corrected chi connectivity index (χ2v) is 8.70. The van der Waals surface area contributed by atoms with Crippen molar-refractivity contribution < 1.29 is 13.6 Å². The highest BCUT2D eigenvalue weighted by molar-refractivity contribution is 6.04. The van der Waals surface area contributed by atoms with Crippen molar-refractivity contribution in [3.05, 3.63) is 64.1 Å². The first-order valence-electron chi connectivity index (χ1n) is 11.3. The second-order valence-electron chi connectivity index (χ2n) is 8.70. The summed E-state index contributed by atoms with van der Waals surface area (Å²) in [4.78, 5) is 21.3. The highest BCUT2D eigenvalue weighted by Crippen LogP contribution is 2.51. The van der Waals surface area contributed by atoms with E-state index in [0.29, 0.717) is 41.2 Å². The zero-order valence-electron chi connectivity index (χ0n) is 19.0. The summed E-state index contributed by atoms with van der Waals surface area (Å²) in [5.41, 5.74) is 3.09. The SMILES string of the molecule is CNc1ncc(C#Cc2cc(C(=O)Nc3nn4c(c3C3CC3)C(F)(F)CCC4)ccc2C)cn1. The normalized spacial score (nSPS) is 16.2. The van der Waals surface area contributed by atoms with Crippen molar-refractivity contribution >= 4 is 17.7 Å². The number of amides is 1. The summed E-state index contributed by atoms with van der Waals surface area (Å²) < 4.78 is 30.7. The number of carbonyl (C=O) groups is 1. The van der Waals surface area contributed by atoms with Gasteiger partial charge in [-0.1, -0.05) is 17.9 Å². The van der Waals surface area contributed by atoms with Crippen LogP contribution in [0.5, 0.6) is 0 Å². The lowest BCUT2D eigenvalue weighted by Gasteiger charge is -2.24. The number of nitrogens with zero attached hydrogens (tertiary/aromatic N) is 4. The molecule has 3 heterocycles. The van der Waals surface area contributed by atoms with Crippen molar-refractivity contribution in [2.75, 3.05) is 17.7 Å². The minimum absolute atomic E-state index is 0.0268. The average Bonchev–Trinajstić information content (AvgIpc) is 3.59. The minimum atomic E-state index is -2.92. The van der Waals surface area contributed by atoms with Gasteiger partial charge in [-0.2, -0.15) is 13.9 Å². The van der Waals surface area contributed by atoms with Crippen LogP contribution in [-0.4, -0.2) is 32.7 Å². The topological polar surface area (TPSA) is 84.7 Å². The van der Waals surface area contributed by atoms with Crippen molar-refractivity contribution in [1.82, 2.24) is 19.7 Å². The van der Waals surface area contributed by atoms with Crippen LogP contribution in [-0.2, 0) is 12.5 Å². The molecule has 0 atom stereocenters. The van der Waals surface area contributed by atoms with E-state index in [9.17, 15) is 13.6 Å². The van der Waals surface area contributed by atoms with Crippen molar-refractivity contribution in [3.63, 3.8) is 0 Å². The van der Waals surface area contributed by atoms with E-state index >= 15 is 0 Å². The van der Waals surface area contributed by atoms with Crippen molar-refractivity contribution in [1.29, 1.82) is 0 Å². The number of alkyl halides is 2. The molecule has 174 valence electrons. The molecule has 1 aliphatic carbocycles. The number of aryl methyl sites for hydroxylation is 2. The first-order valence-corrected chi connectivity index (χ1v) is 11.3.